The molecule has 2 radical (unpaired) electrons. The van der Waals surface area contributed by atoms with Crippen molar-refractivity contribution < 1.29 is 34.8 Å². The predicted octanol–water partition coefficient (Wildman–Crippen LogP) is 1.39. The molecule has 2 aromatic carbocycles. The van der Waals surface area contributed by atoms with E-state index in [1.54, 1.807) is 18.2 Å². The van der Waals surface area contributed by atoms with Gasteiger partial charge in [-0.1, -0.05) is 47.9 Å². The molecule has 3 atom stereocenters. The number of ketones is 2. The van der Waals surface area contributed by atoms with E-state index in [0.717, 1.165) is 5.56 Å². The van der Waals surface area contributed by atoms with Crippen molar-refractivity contribution in [2.24, 2.45) is 17.6 Å². The number of Topliss-reactive ketones (excluding diaryl/α,β-unsaturated/α-hetero) is 2. The normalized spacial score (nSPS) is 25.6. The third kappa shape index (κ3) is 3.38. The average molecular weight is 483 g/mol. The molecule has 3 aliphatic carbocycles. The molecule has 1 fully saturated rings. The summed E-state index contributed by atoms with van der Waals surface area (Å²) >= 11 is 0. The summed E-state index contributed by atoms with van der Waals surface area (Å²) in [5.74, 6) is -6.46. The Labute approximate surface area is 207 Å². The number of benzene rings is 2. The van der Waals surface area contributed by atoms with Crippen LogP contribution < -0.4 is 11.2 Å². The fourth-order valence-electron chi connectivity index (χ4n) is 5.59. The first-order chi connectivity index (χ1) is 17.0. The Hall–Kier alpha value is -4.11. The van der Waals surface area contributed by atoms with Gasteiger partial charge in [-0.3, -0.25) is 14.4 Å². The number of fused-ring (bicyclic) bond motifs is 3. The molecule has 0 spiro atoms. The number of aliphatic hydroxyl groups is 3. The molecule has 1 amide bonds. The van der Waals surface area contributed by atoms with Crippen LogP contribution >= 0.6 is 0 Å². The molecule has 0 saturated heterocycles. The summed E-state index contributed by atoms with van der Waals surface area (Å²) in [6.45, 7) is 0. The molecule has 6 N–H and O–H groups in total. The van der Waals surface area contributed by atoms with Gasteiger partial charge in [0.2, 0.25) is 5.78 Å². The van der Waals surface area contributed by atoms with Gasteiger partial charge in [0.25, 0.3) is 5.91 Å². The molecule has 1 saturated carbocycles. The topological polar surface area (TPSA) is 158 Å². The van der Waals surface area contributed by atoms with Crippen molar-refractivity contribution in [1.82, 2.24) is 0 Å². The Kier molecular flexibility index (Phi) is 5.41. The minimum atomic E-state index is -2.57. The van der Waals surface area contributed by atoms with Gasteiger partial charge in [0.15, 0.2) is 11.4 Å². The van der Waals surface area contributed by atoms with E-state index in [2.05, 4.69) is 0 Å². The van der Waals surface area contributed by atoms with Gasteiger partial charge in [-0.25, -0.2) is 0 Å². The van der Waals surface area contributed by atoms with Crippen LogP contribution in [0.5, 0.6) is 5.75 Å². The highest BCUT2D eigenvalue weighted by molar-refractivity contribution is 6.32. The molecular formula is C27H22BNO7. The van der Waals surface area contributed by atoms with Gasteiger partial charge in [-0.2, -0.15) is 0 Å². The number of phenolic OH excluding ortho intramolecular Hbond substituents is 1. The number of aromatic hydroxyl groups is 1. The number of carbonyl (C=O) groups excluding carboxylic acids is 3. The molecule has 36 heavy (non-hydrogen) atoms. The summed E-state index contributed by atoms with van der Waals surface area (Å²) in [6.07, 6.45) is 3.64. The number of nitrogens with two attached hydrogens (primary N) is 1. The molecule has 2 aromatic rings. The Morgan fingerprint density at radius 2 is 1.72 bits per heavy atom. The maximum atomic E-state index is 13.5. The van der Waals surface area contributed by atoms with Gasteiger partial charge >= 0.3 is 0 Å². The lowest BCUT2D eigenvalue weighted by Gasteiger charge is -2.46. The lowest BCUT2D eigenvalue weighted by molar-refractivity contribution is -0.147. The van der Waals surface area contributed by atoms with E-state index in [1.165, 1.54) is 6.07 Å². The lowest BCUT2D eigenvalue weighted by Crippen LogP contribution is -2.58. The van der Waals surface area contributed by atoms with E-state index < -0.39 is 52.0 Å². The molecule has 5 rings (SSSR count). The molecule has 0 aromatic heterocycles. The van der Waals surface area contributed by atoms with Crippen LogP contribution in [0.4, 0.5) is 0 Å². The van der Waals surface area contributed by atoms with Crippen LogP contribution in [0.25, 0.3) is 17.9 Å². The van der Waals surface area contributed by atoms with Gasteiger partial charge in [0, 0.05) is 17.9 Å². The van der Waals surface area contributed by atoms with Gasteiger partial charge in [0.1, 0.15) is 30.7 Å². The van der Waals surface area contributed by atoms with Gasteiger partial charge in [-0.05, 0) is 41.5 Å². The SMILES string of the molecule is [B]c1ccc(/C=C/c2ccc(O)c3c2C[C@H]2C[C@H]4CC(=O)C(C(N)=O)=C(O)[C@@]4(O)C(=O)C2=C3O)cc1. The Morgan fingerprint density at radius 3 is 2.39 bits per heavy atom. The summed E-state index contributed by atoms with van der Waals surface area (Å²) in [7, 11) is 5.73. The van der Waals surface area contributed by atoms with E-state index in [-0.39, 0.29) is 36.1 Å². The second-order valence-electron chi connectivity index (χ2n) is 9.43. The number of hydrogen-bond acceptors (Lipinski definition) is 7. The van der Waals surface area contributed by atoms with Crippen molar-refractivity contribution in [3.8, 4) is 5.75 Å². The largest absolute Gasteiger partial charge is 0.508 e. The van der Waals surface area contributed by atoms with Crippen LogP contribution in [0.15, 0.2) is 53.3 Å². The minimum absolute atomic E-state index is 0.0570. The van der Waals surface area contributed by atoms with Crippen LogP contribution in [0, 0.1) is 11.8 Å². The third-order valence-electron chi connectivity index (χ3n) is 7.38. The van der Waals surface area contributed by atoms with Crippen molar-refractivity contribution in [2.45, 2.75) is 24.9 Å². The quantitative estimate of drug-likeness (QED) is 0.251. The maximum Gasteiger partial charge on any atom is 0.255 e. The number of phenols is 1. The van der Waals surface area contributed by atoms with Crippen molar-refractivity contribution in [1.29, 1.82) is 0 Å². The Balaban J connectivity index is 1.62. The van der Waals surface area contributed by atoms with Crippen molar-refractivity contribution in [2.75, 3.05) is 0 Å². The predicted molar refractivity (Wildman–Crippen MR) is 132 cm³/mol. The second kappa shape index (κ2) is 8.24. The number of rotatable bonds is 3. The highest BCUT2D eigenvalue weighted by Gasteiger charge is 2.60. The zero-order valence-electron chi connectivity index (χ0n) is 19.1. The zero-order chi connectivity index (χ0) is 25.9. The summed E-state index contributed by atoms with van der Waals surface area (Å²) in [4.78, 5) is 37.7. The molecule has 0 heterocycles. The average Bonchev–Trinajstić information content (AvgIpc) is 2.81. The monoisotopic (exact) mass is 483 g/mol. The van der Waals surface area contributed by atoms with E-state index in [1.807, 2.05) is 24.3 Å². The van der Waals surface area contributed by atoms with Gasteiger partial charge in [0.05, 0.1) is 5.56 Å². The smallest absolute Gasteiger partial charge is 0.255 e. The van der Waals surface area contributed by atoms with E-state index in [4.69, 9.17) is 13.6 Å². The second-order valence-corrected chi connectivity index (χ2v) is 9.43. The van der Waals surface area contributed by atoms with Crippen molar-refractivity contribution >= 4 is 48.7 Å². The Morgan fingerprint density at radius 1 is 1.03 bits per heavy atom. The van der Waals surface area contributed by atoms with Gasteiger partial charge < -0.3 is 26.2 Å². The van der Waals surface area contributed by atoms with Crippen LogP contribution in [0.1, 0.15) is 35.1 Å². The number of hydrogen-bond donors (Lipinski definition) is 5. The molecule has 0 aliphatic heterocycles. The molecule has 8 nitrogen and oxygen atoms in total. The fraction of sp³-hybridized carbons (Fsp3) is 0.222. The Bertz CT molecular complexity index is 1440. The first-order valence-corrected chi connectivity index (χ1v) is 11.4. The van der Waals surface area contributed by atoms with Gasteiger partial charge in [-0.15, -0.1) is 0 Å². The van der Waals surface area contributed by atoms with E-state index in [0.29, 0.717) is 16.6 Å². The molecule has 3 aliphatic rings. The highest BCUT2D eigenvalue weighted by Crippen LogP contribution is 2.52. The van der Waals surface area contributed by atoms with E-state index >= 15 is 0 Å². The lowest BCUT2D eigenvalue weighted by atomic mass is 9.59. The molecular weight excluding hydrogens is 461 g/mol. The summed E-state index contributed by atoms with van der Waals surface area (Å²) in [5.41, 5.74) is 4.53. The van der Waals surface area contributed by atoms with Crippen LogP contribution in [-0.2, 0) is 20.8 Å². The van der Waals surface area contributed by atoms with Crippen molar-refractivity contribution in [3.63, 3.8) is 0 Å². The van der Waals surface area contributed by atoms with Crippen LogP contribution in [-0.4, -0.2) is 51.3 Å². The molecule has 9 heteroatoms. The molecule has 0 bridgehead atoms. The highest BCUT2D eigenvalue weighted by atomic mass is 16.3. The standard InChI is InChI=1S/C27H22BNO7/c28-16-6-2-12(3-7-16)1-4-13-5-8-18(30)21-17(13)10-14-9-15-11-19(31)22(26(29)35)25(34)27(15,36)24(33)20(14)23(21)32/h1-8,14-15,30,32,34,36H,9-11H2,(H2,29,35)/b4-1+/t14-,15+,27+/m1/s1. The number of primary amides is 1. The first kappa shape index (κ1) is 23.6. The van der Waals surface area contributed by atoms with Crippen LogP contribution in [0.2, 0.25) is 0 Å². The summed E-state index contributed by atoms with van der Waals surface area (Å²) < 4.78 is 0. The maximum absolute atomic E-state index is 13.5. The molecule has 180 valence electrons. The fourth-order valence-corrected chi connectivity index (χ4v) is 5.59. The number of aliphatic hydroxyl groups excluding tert-OH is 2. The summed E-state index contributed by atoms with van der Waals surface area (Å²) in [6, 6.07) is 10.3. The minimum Gasteiger partial charge on any atom is -0.508 e. The van der Waals surface area contributed by atoms with Crippen molar-refractivity contribution in [3.05, 3.63) is 75.6 Å². The first-order valence-electron chi connectivity index (χ1n) is 11.4. The van der Waals surface area contributed by atoms with E-state index in [9.17, 15) is 34.8 Å². The molecule has 0 unspecified atom stereocenters. The summed E-state index contributed by atoms with van der Waals surface area (Å²) in [5, 5.41) is 43.6. The van der Waals surface area contributed by atoms with Crippen LogP contribution in [0.3, 0.4) is 0 Å². The third-order valence-corrected chi connectivity index (χ3v) is 7.38. The number of amides is 1. The number of carbonyl (C=O) groups is 3. The zero-order valence-corrected chi connectivity index (χ0v) is 19.1.